The van der Waals surface area contributed by atoms with Crippen molar-refractivity contribution in [2.45, 2.75) is 19.3 Å². The molecule has 1 aromatic rings. The van der Waals surface area contributed by atoms with Gasteiger partial charge >= 0.3 is 0 Å². The first-order valence-electron chi connectivity index (χ1n) is 6.75. The van der Waals surface area contributed by atoms with Gasteiger partial charge in [-0.3, -0.25) is 4.79 Å². The lowest BCUT2D eigenvalue weighted by Crippen LogP contribution is -2.35. The average molecular weight is 325 g/mol. The number of carbonyl (C=O) groups is 1. The zero-order chi connectivity index (χ0) is 13.2. The second-order valence-electron chi connectivity index (χ2n) is 5.17. The van der Waals surface area contributed by atoms with Crippen LogP contribution in [0.25, 0.3) is 0 Å². The van der Waals surface area contributed by atoms with E-state index in [2.05, 4.69) is 30.8 Å². The van der Waals surface area contributed by atoms with Crippen LogP contribution in [-0.2, 0) is 4.79 Å². The molecule has 6 heteroatoms. The Bertz CT molecular complexity index is 458. The molecule has 1 unspecified atom stereocenters. The molecule has 0 spiro atoms. The fraction of sp³-hybridized carbons (Fsp3) is 0.615. The minimum atomic E-state index is 0.116. The van der Waals surface area contributed by atoms with E-state index >= 15 is 0 Å². The Kier molecular flexibility index (Phi) is 3.68. The van der Waals surface area contributed by atoms with E-state index in [0.717, 1.165) is 55.9 Å². The summed E-state index contributed by atoms with van der Waals surface area (Å²) < 4.78 is 0.875. The smallest absolute Gasteiger partial charge is 0.227 e. The molecule has 2 aliphatic rings. The van der Waals surface area contributed by atoms with Gasteiger partial charge in [-0.05, 0) is 35.2 Å². The number of likely N-dealkylation sites (tertiary alicyclic amines) is 1. The molecule has 19 heavy (non-hydrogen) atoms. The Balaban J connectivity index is 1.63. The molecule has 102 valence electrons. The van der Waals surface area contributed by atoms with Gasteiger partial charge in [0.1, 0.15) is 0 Å². The minimum Gasteiger partial charge on any atom is -0.342 e. The first-order valence-corrected chi connectivity index (χ1v) is 7.54. The fourth-order valence-corrected chi connectivity index (χ4v) is 3.01. The number of aromatic nitrogens is 2. The first kappa shape index (κ1) is 12.8. The molecule has 5 nitrogen and oxygen atoms in total. The lowest BCUT2D eigenvalue weighted by Gasteiger charge is -2.20. The minimum absolute atomic E-state index is 0.116. The molecule has 3 rings (SSSR count). The molecule has 2 aliphatic heterocycles. The summed E-state index contributed by atoms with van der Waals surface area (Å²) in [4.78, 5) is 25.0. The third-order valence-corrected chi connectivity index (χ3v) is 4.25. The standard InChI is InChI=1S/C13H17BrN4O/c14-11-7-15-13(16-8-11)18-6-3-10(9-18)12(19)17-4-1-2-5-17/h7-8,10H,1-6,9H2. The summed E-state index contributed by atoms with van der Waals surface area (Å²) in [6, 6.07) is 0. The number of amides is 1. The van der Waals surface area contributed by atoms with Crippen LogP contribution < -0.4 is 4.90 Å². The van der Waals surface area contributed by atoms with Gasteiger partial charge in [0.25, 0.3) is 0 Å². The van der Waals surface area contributed by atoms with Gasteiger partial charge in [-0.15, -0.1) is 0 Å². The van der Waals surface area contributed by atoms with Crippen LogP contribution in [0.5, 0.6) is 0 Å². The Morgan fingerprint density at radius 3 is 2.58 bits per heavy atom. The van der Waals surface area contributed by atoms with Crippen molar-refractivity contribution < 1.29 is 4.79 Å². The second-order valence-corrected chi connectivity index (χ2v) is 6.08. The maximum absolute atomic E-state index is 12.3. The molecular formula is C13H17BrN4O. The normalized spacial score (nSPS) is 23.1. The summed E-state index contributed by atoms with van der Waals surface area (Å²) in [5.74, 6) is 1.15. The number of hydrogen-bond donors (Lipinski definition) is 0. The van der Waals surface area contributed by atoms with Crippen molar-refractivity contribution in [2.75, 3.05) is 31.1 Å². The van der Waals surface area contributed by atoms with Crippen molar-refractivity contribution in [1.82, 2.24) is 14.9 Å². The highest BCUT2D eigenvalue weighted by atomic mass is 79.9. The predicted octanol–water partition coefficient (Wildman–Crippen LogP) is 1.69. The predicted molar refractivity (Wildman–Crippen MR) is 75.9 cm³/mol. The van der Waals surface area contributed by atoms with Crippen LogP contribution in [0, 0.1) is 5.92 Å². The summed E-state index contributed by atoms with van der Waals surface area (Å²) in [5, 5.41) is 0. The van der Waals surface area contributed by atoms with Gasteiger partial charge in [-0.1, -0.05) is 0 Å². The molecular weight excluding hydrogens is 308 g/mol. The lowest BCUT2D eigenvalue weighted by molar-refractivity contribution is -0.133. The van der Waals surface area contributed by atoms with Crippen LogP contribution in [0.4, 0.5) is 5.95 Å². The summed E-state index contributed by atoms with van der Waals surface area (Å²) in [6.07, 6.45) is 6.71. The van der Waals surface area contributed by atoms with Gasteiger partial charge in [0.2, 0.25) is 11.9 Å². The molecule has 1 atom stereocenters. The third-order valence-electron chi connectivity index (χ3n) is 3.84. The molecule has 0 saturated carbocycles. The Labute approximate surface area is 121 Å². The third kappa shape index (κ3) is 2.73. The van der Waals surface area contributed by atoms with E-state index in [9.17, 15) is 4.79 Å². The van der Waals surface area contributed by atoms with Crippen LogP contribution in [0.1, 0.15) is 19.3 Å². The zero-order valence-electron chi connectivity index (χ0n) is 10.8. The molecule has 0 N–H and O–H groups in total. The largest absolute Gasteiger partial charge is 0.342 e. The van der Waals surface area contributed by atoms with Gasteiger partial charge in [0.15, 0.2) is 0 Å². The molecule has 2 fully saturated rings. The molecule has 0 radical (unpaired) electrons. The number of anilines is 1. The maximum atomic E-state index is 12.3. The van der Waals surface area contributed by atoms with E-state index in [1.807, 2.05) is 4.90 Å². The molecule has 2 saturated heterocycles. The first-order chi connectivity index (χ1) is 9.24. The SMILES string of the molecule is O=C(C1CCN(c2ncc(Br)cn2)C1)N1CCCC1. The van der Waals surface area contributed by atoms with Crippen molar-refractivity contribution in [3.63, 3.8) is 0 Å². The van der Waals surface area contributed by atoms with Crippen LogP contribution in [0.2, 0.25) is 0 Å². The number of rotatable bonds is 2. The lowest BCUT2D eigenvalue weighted by atomic mass is 10.1. The highest BCUT2D eigenvalue weighted by Crippen LogP contribution is 2.24. The number of nitrogens with zero attached hydrogens (tertiary/aromatic N) is 4. The van der Waals surface area contributed by atoms with Crippen LogP contribution in [-0.4, -0.2) is 47.0 Å². The van der Waals surface area contributed by atoms with Gasteiger partial charge in [0.05, 0.1) is 10.4 Å². The summed E-state index contributed by atoms with van der Waals surface area (Å²) in [5.41, 5.74) is 0. The van der Waals surface area contributed by atoms with Gasteiger partial charge in [-0.25, -0.2) is 9.97 Å². The maximum Gasteiger partial charge on any atom is 0.227 e. The monoisotopic (exact) mass is 324 g/mol. The molecule has 3 heterocycles. The molecule has 1 amide bonds. The molecule has 0 aliphatic carbocycles. The summed E-state index contributed by atoms with van der Waals surface area (Å²) >= 11 is 3.33. The fourth-order valence-electron chi connectivity index (χ4n) is 2.81. The molecule has 0 bridgehead atoms. The quantitative estimate of drug-likeness (QED) is 0.830. The Morgan fingerprint density at radius 2 is 1.89 bits per heavy atom. The summed E-state index contributed by atoms with van der Waals surface area (Å²) in [6.45, 7) is 3.48. The molecule has 1 aromatic heterocycles. The van der Waals surface area contributed by atoms with E-state index < -0.39 is 0 Å². The number of halogens is 1. The Hall–Kier alpha value is -1.17. The Morgan fingerprint density at radius 1 is 1.21 bits per heavy atom. The van der Waals surface area contributed by atoms with Crippen LogP contribution in [0.15, 0.2) is 16.9 Å². The highest BCUT2D eigenvalue weighted by Gasteiger charge is 2.33. The zero-order valence-corrected chi connectivity index (χ0v) is 12.3. The van der Waals surface area contributed by atoms with E-state index in [1.54, 1.807) is 12.4 Å². The van der Waals surface area contributed by atoms with Crippen molar-refractivity contribution in [3.05, 3.63) is 16.9 Å². The van der Waals surface area contributed by atoms with E-state index in [0.29, 0.717) is 5.91 Å². The van der Waals surface area contributed by atoms with Crippen molar-refractivity contribution in [3.8, 4) is 0 Å². The van der Waals surface area contributed by atoms with E-state index in [1.165, 1.54) is 0 Å². The van der Waals surface area contributed by atoms with Gasteiger partial charge in [-0.2, -0.15) is 0 Å². The van der Waals surface area contributed by atoms with Crippen molar-refractivity contribution in [2.24, 2.45) is 5.92 Å². The molecule has 0 aromatic carbocycles. The van der Waals surface area contributed by atoms with Gasteiger partial charge < -0.3 is 9.80 Å². The number of hydrogen-bond acceptors (Lipinski definition) is 4. The van der Waals surface area contributed by atoms with Crippen molar-refractivity contribution in [1.29, 1.82) is 0 Å². The average Bonchev–Trinajstić information content (AvgIpc) is 3.10. The number of carbonyl (C=O) groups excluding carboxylic acids is 1. The summed E-state index contributed by atoms with van der Waals surface area (Å²) in [7, 11) is 0. The van der Waals surface area contributed by atoms with E-state index in [4.69, 9.17) is 0 Å². The van der Waals surface area contributed by atoms with Crippen LogP contribution in [0.3, 0.4) is 0 Å². The van der Waals surface area contributed by atoms with Crippen LogP contribution >= 0.6 is 15.9 Å². The topological polar surface area (TPSA) is 49.3 Å². The van der Waals surface area contributed by atoms with E-state index in [-0.39, 0.29) is 5.92 Å². The van der Waals surface area contributed by atoms with Gasteiger partial charge in [0, 0.05) is 38.6 Å². The second kappa shape index (κ2) is 5.45. The highest BCUT2D eigenvalue weighted by molar-refractivity contribution is 9.10. The van der Waals surface area contributed by atoms with Crippen molar-refractivity contribution >= 4 is 27.8 Å².